The Bertz CT molecular complexity index is 941. The molecule has 0 aliphatic rings. The predicted molar refractivity (Wildman–Crippen MR) is 97.0 cm³/mol. The molecule has 2 N–H and O–H groups in total. The van der Waals surface area contributed by atoms with Gasteiger partial charge in [-0.05, 0) is 24.3 Å². The summed E-state index contributed by atoms with van der Waals surface area (Å²) in [5, 5.41) is 9.70. The Morgan fingerprint density at radius 2 is 2.00 bits per heavy atom. The minimum Gasteiger partial charge on any atom is -0.481 e. The number of pyridine rings is 1. The van der Waals surface area contributed by atoms with E-state index in [1.54, 1.807) is 23.9 Å². The molecule has 9 heteroatoms. The van der Waals surface area contributed by atoms with Gasteiger partial charge in [-0.2, -0.15) is 5.10 Å². The fraction of sp³-hybridized carbons (Fsp3) is 0.118. The SMILES string of the molecule is COc1ncc(NC(=O)Nc2cccc(F)c2)cc1-c1c(Cl)cnn1C. The van der Waals surface area contributed by atoms with Gasteiger partial charge in [0, 0.05) is 12.7 Å². The number of carbonyl (C=O) groups excluding carboxylic acids is 1. The van der Waals surface area contributed by atoms with Crippen LogP contribution in [0, 0.1) is 5.82 Å². The smallest absolute Gasteiger partial charge is 0.323 e. The van der Waals surface area contributed by atoms with Crippen LogP contribution >= 0.6 is 11.6 Å². The molecule has 0 radical (unpaired) electrons. The first-order valence-electron chi connectivity index (χ1n) is 7.53. The Morgan fingerprint density at radius 3 is 2.65 bits per heavy atom. The summed E-state index contributed by atoms with van der Waals surface area (Å²) in [5.74, 6) is -0.103. The maximum absolute atomic E-state index is 13.2. The lowest BCUT2D eigenvalue weighted by Crippen LogP contribution is -2.19. The molecule has 0 spiro atoms. The van der Waals surface area contributed by atoms with Gasteiger partial charge in [0.2, 0.25) is 5.88 Å². The summed E-state index contributed by atoms with van der Waals surface area (Å²) in [6, 6.07) is 6.72. The van der Waals surface area contributed by atoms with Crippen LogP contribution in [-0.2, 0) is 7.05 Å². The first-order valence-corrected chi connectivity index (χ1v) is 7.91. The number of rotatable bonds is 4. The Labute approximate surface area is 153 Å². The van der Waals surface area contributed by atoms with Gasteiger partial charge in [0.1, 0.15) is 5.82 Å². The van der Waals surface area contributed by atoms with Crippen LogP contribution < -0.4 is 15.4 Å². The molecule has 2 aromatic heterocycles. The second kappa shape index (κ2) is 7.40. The van der Waals surface area contributed by atoms with E-state index in [2.05, 4.69) is 20.7 Å². The molecule has 0 saturated heterocycles. The molecule has 0 unspecified atom stereocenters. The van der Waals surface area contributed by atoms with Gasteiger partial charge in [0.05, 0.1) is 41.5 Å². The zero-order valence-corrected chi connectivity index (χ0v) is 14.7. The van der Waals surface area contributed by atoms with E-state index in [1.807, 2.05) is 0 Å². The lowest BCUT2D eigenvalue weighted by Gasteiger charge is -2.12. The van der Waals surface area contributed by atoms with Crippen molar-refractivity contribution in [3.05, 3.63) is 53.6 Å². The van der Waals surface area contributed by atoms with Crippen molar-refractivity contribution in [2.45, 2.75) is 0 Å². The van der Waals surface area contributed by atoms with E-state index >= 15 is 0 Å². The zero-order chi connectivity index (χ0) is 18.7. The first-order chi connectivity index (χ1) is 12.5. The molecule has 3 rings (SSSR count). The number of aromatic nitrogens is 3. The van der Waals surface area contributed by atoms with E-state index in [0.29, 0.717) is 33.5 Å². The Balaban J connectivity index is 1.85. The molecular formula is C17H15ClFN5O2. The number of carbonyl (C=O) groups is 1. The number of benzene rings is 1. The average Bonchev–Trinajstić information content (AvgIpc) is 2.93. The second-order valence-electron chi connectivity index (χ2n) is 5.34. The summed E-state index contributed by atoms with van der Waals surface area (Å²) in [5.41, 5.74) is 1.91. The quantitative estimate of drug-likeness (QED) is 0.724. The van der Waals surface area contributed by atoms with E-state index in [-0.39, 0.29) is 0 Å². The number of halogens is 2. The largest absolute Gasteiger partial charge is 0.481 e. The molecule has 7 nitrogen and oxygen atoms in total. The van der Waals surface area contributed by atoms with Gasteiger partial charge in [-0.25, -0.2) is 14.2 Å². The van der Waals surface area contributed by atoms with Crippen LogP contribution in [0.2, 0.25) is 5.02 Å². The molecule has 0 aliphatic carbocycles. The van der Waals surface area contributed by atoms with Gasteiger partial charge in [-0.1, -0.05) is 17.7 Å². The van der Waals surface area contributed by atoms with Crippen molar-refractivity contribution in [2.75, 3.05) is 17.7 Å². The van der Waals surface area contributed by atoms with Crippen LogP contribution in [0.3, 0.4) is 0 Å². The van der Waals surface area contributed by atoms with Crippen LogP contribution in [-0.4, -0.2) is 27.9 Å². The topological polar surface area (TPSA) is 81.1 Å². The molecule has 0 fully saturated rings. The molecule has 0 saturated carbocycles. The van der Waals surface area contributed by atoms with Crippen molar-refractivity contribution in [3.63, 3.8) is 0 Å². The maximum Gasteiger partial charge on any atom is 0.323 e. The minimum atomic E-state index is -0.537. The number of nitrogens with one attached hydrogen (secondary N) is 2. The summed E-state index contributed by atoms with van der Waals surface area (Å²) in [7, 11) is 3.22. The number of hydrogen-bond donors (Lipinski definition) is 2. The number of ether oxygens (including phenoxy) is 1. The number of methoxy groups -OCH3 is 1. The fourth-order valence-electron chi connectivity index (χ4n) is 2.43. The third-order valence-corrected chi connectivity index (χ3v) is 3.81. The molecule has 2 heterocycles. The van der Waals surface area contributed by atoms with Gasteiger partial charge < -0.3 is 15.4 Å². The predicted octanol–water partition coefficient (Wildman–Crippen LogP) is 3.93. The van der Waals surface area contributed by atoms with E-state index in [0.717, 1.165) is 0 Å². The van der Waals surface area contributed by atoms with Crippen molar-refractivity contribution in [3.8, 4) is 17.1 Å². The normalized spacial score (nSPS) is 10.5. The molecule has 2 amide bonds. The van der Waals surface area contributed by atoms with Gasteiger partial charge >= 0.3 is 6.03 Å². The molecule has 1 aromatic carbocycles. The number of nitrogens with zero attached hydrogens (tertiary/aromatic N) is 3. The molecular weight excluding hydrogens is 361 g/mol. The summed E-state index contributed by atoms with van der Waals surface area (Å²) >= 11 is 6.19. The Hall–Kier alpha value is -3.13. The standard InChI is InChI=1S/C17H15ClFN5O2/c1-24-15(14(18)9-21-24)13-7-12(8-20-16(13)26-2)23-17(25)22-11-5-3-4-10(19)6-11/h3-9H,1-2H3,(H2,22,23,25). The molecule has 134 valence electrons. The first kappa shape index (κ1) is 17.7. The third-order valence-electron chi connectivity index (χ3n) is 3.53. The Morgan fingerprint density at radius 1 is 1.23 bits per heavy atom. The van der Waals surface area contributed by atoms with Gasteiger partial charge in [-0.3, -0.25) is 4.68 Å². The van der Waals surface area contributed by atoms with Crippen molar-refractivity contribution in [1.82, 2.24) is 14.8 Å². The number of urea groups is 1. The number of hydrogen-bond acceptors (Lipinski definition) is 4. The summed E-state index contributed by atoms with van der Waals surface area (Å²) in [6.07, 6.45) is 2.95. The minimum absolute atomic E-state index is 0.332. The zero-order valence-electron chi connectivity index (χ0n) is 14.0. The van der Waals surface area contributed by atoms with Crippen molar-refractivity contribution < 1.29 is 13.9 Å². The third kappa shape index (κ3) is 3.75. The highest BCUT2D eigenvalue weighted by Gasteiger charge is 2.17. The van der Waals surface area contributed by atoms with E-state index in [1.165, 1.54) is 37.7 Å². The summed E-state index contributed by atoms with van der Waals surface area (Å²) in [6.45, 7) is 0. The van der Waals surface area contributed by atoms with Crippen molar-refractivity contribution in [1.29, 1.82) is 0 Å². The van der Waals surface area contributed by atoms with Gasteiger partial charge in [0.25, 0.3) is 0 Å². The molecule has 0 atom stereocenters. The van der Waals surface area contributed by atoms with Crippen molar-refractivity contribution in [2.24, 2.45) is 7.05 Å². The van der Waals surface area contributed by atoms with Crippen molar-refractivity contribution >= 4 is 29.0 Å². The van der Waals surface area contributed by atoms with Crippen LogP contribution in [0.5, 0.6) is 5.88 Å². The average molecular weight is 376 g/mol. The molecule has 0 aliphatic heterocycles. The molecule has 26 heavy (non-hydrogen) atoms. The van der Waals surface area contributed by atoms with E-state index in [4.69, 9.17) is 16.3 Å². The number of anilines is 2. The number of amides is 2. The molecule has 3 aromatic rings. The highest BCUT2D eigenvalue weighted by molar-refractivity contribution is 6.33. The summed E-state index contributed by atoms with van der Waals surface area (Å²) in [4.78, 5) is 16.3. The van der Waals surface area contributed by atoms with Crippen LogP contribution in [0.4, 0.5) is 20.6 Å². The van der Waals surface area contributed by atoms with E-state index in [9.17, 15) is 9.18 Å². The van der Waals surface area contributed by atoms with Gasteiger partial charge in [0.15, 0.2) is 0 Å². The van der Waals surface area contributed by atoms with Crippen LogP contribution in [0.1, 0.15) is 0 Å². The maximum atomic E-state index is 13.2. The Kier molecular flexibility index (Phi) is 5.04. The number of aryl methyl sites for hydroxylation is 1. The lowest BCUT2D eigenvalue weighted by molar-refractivity contribution is 0.262. The lowest BCUT2D eigenvalue weighted by atomic mass is 10.2. The van der Waals surface area contributed by atoms with Gasteiger partial charge in [-0.15, -0.1) is 0 Å². The van der Waals surface area contributed by atoms with Crippen LogP contribution in [0.15, 0.2) is 42.7 Å². The highest BCUT2D eigenvalue weighted by Crippen LogP contribution is 2.34. The van der Waals surface area contributed by atoms with E-state index < -0.39 is 11.8 Å². The highest BCUT2D eigenvalue weighted by atomic mass is 35.5. The second-order valence-corrected chi connectivity index (χ2v) is 5.74. The van der Waals surface area contributed by atoms with Crippen LogP contribution in [0.25, 0.3) is 11.3 Å². The monoisotopic (exact) mass is 375 g/mol. The fourth-order valence-corrected chi connectivity index (χ4v) is 2.69. The molecule has 0 bridgehead atoms. The summed E-state index contributed by atoms with van der Waals surface area (Å²) < 4.78 is 20.0.